The lowest BCUT2D eigenvalue weighted by Crippen LogP contribution is -2.48. The lowest BCUT2D eigenvalue weighted by atomic mass is 10.0. The molecule has 0 atom stereocenters. The molecule has 2 aliphatic rings. The molecule has 0 aromatic carbocycles. The van der Waals surface area contributed by atoms with Crippen molar-refractivity contribution in [3.63, 3.8) is 0 Å². The van der Waals surface area contributed by atoms with Gasteiger partial charge in [0.05, 0.1) is 17.8 Å². The highest BCUT2D eigenvalue weighted by Crippen LogP contribution is 2.19. The fourth-order valence-corrected chi connectivity index (χ4v) is 2.31. The topological polar surface area (TPSA) is 57.3 Å². The van der Waals surface area contributed by atoms with Gasteiger partial charge < -0.3 is 15.5 Å². The van der Waals surface area contributed by atoms with Crippen molar-refractivity contribution in [1.29, 1.82) is 0 Å². The number of amides is 1. The molecule has 0 aliphatic carbocycles. The van der Waals surface area contributed by atoms with Crippen LogP contribution in [0.25, 0.3) is 0 Å². The molecule has 0 spiro atoms. The van der Waals surface area contributed by atoms with E-state index in [4.69, 9.17) is 0 Å². The molecule has 18 heavy (non-hydrogen) atoms. The van der Waals surface area contributed by atoms with Gasteiger partial charge in [0.25, 0.3) is 0 Å². The van der Waals surface area contributed by atoms with Crippen LogP contribution < -0.4 is 15.5 Å². The zero-order valence-electron chi connectivity index (χ0n) is 10.4. The second-order valence-electron chi connectivity index (χ2n) is 4.94. The van der Waals surface area contributed by atoms with Crippen LogP contribution >= 0.6 is 0 Å². The molecular formula is C13H18N4O. The van der Waals surface area contributed by atoms with Crippen molar-refractivity contribution in [3.05, 3.63) is 18.3 Å². The van der Waals surface area contributed by atoms with E-state index in [9.17, 15) is 4.79 Å². The van der Waals surface area contributed by atoms with Gasteiger partial charge in [-0.1, -0.05) is 0 Å². The molecule has 0 radical (unpaired) electrons. The van der Waals surface area contributed by atoms with Crippen molar-refractivity contribution in [2.45, 2.75) is 12.8 Å². The molecule has 3 heterocycles. The smallest absolute Gasteiger partial charge is 0.230 e. The summed E-state index contributed by atoms with van der Waals surface area (Å²) in [6.07, 6.45) is 4.24. The van der Waals surface area contributed by atoms with Crippen LogP contribution in [-0.4, -0.2) is 37.1 Å². The lowest BCUT2D eigenvalue weighted by molar-refractivity contribution is -0.121. The highest BCUT2D eigenvalue weighted by molar-refractivity contribution is 5.93. The lowest BCUT2D eigenvalue weighted by Gasteiger charge is -2.25. The SMILES string of the molecule is O=C(Nc1ccc(N2CCCC2)nc1)C1CNC1. The third-order valence-electron chi connectivity index (χ3n) is 3.60. The summed E-state index contributed by atoms with van der Waals surface area (Å²) in [5.74, 6) is 1.21. The number of hydrogen-bond acceptors (Lipinski definition) is 4. The van der Waals surface area contributed by atoms with Crippen molar-refractivity contribution in [2.75, 3.05) is 36.4 Å². The third kappa shape index (κ3) is 2.31. The number of nitrogens with zero attached hydrogens (tertiary/aromatic N) is 2. The maximum atomic E-state index is 11.7. The maximum absolute atomic E-state index is 11.7. The molecule has 5 nitrogen and oxygen atoms in total. The fraction of sp³-hybridized carbons (Fsp3) is 0.538. The number of carbonyl (C=O) groups is 1. The molecule has 96 valence electrons. The van der Waals surface area contributed by atoms with Crippen molar-refractivity contribution in [2.24, 2.45) is 5.92 Å². The molecule has 5 heteroatoms. The molecule has 0 bridgehead atoms. The Hall–Kier alpha value is -1.62. The highest BCUT2D eigenvalue weighted by atomic mass is 16.2. The molecule has 3 rings (SSSR count). The molecule has 2 saturated heterocycles. The van der Waals surface area contributed by atoms with E-state index < -0.39 is 0 Å². The minimum Gasteiger partial charge on any atom is -0.357 e. The number of hydrogen-bond donors (Lipinski definition) is 2. The number of rotatable bonds is 3. The Kier molecular flexibility index (Phi) is 3.15. The largest absolute Gasteiger partial charge is 0.357 e. The van der Waals surface area contributed by atoms with E-state index >= 15 is 0 Å². The minimum atomic E-state index is 0.0875. The van der Waals surface area contributed by atoms with E-state index in [2.05, 4.69) is 20.5 Å². The van der Waals surface area contributed by atoms with Crippen LogP contribution in [0.3, 0.4) is 0 Å². The number of carbonyl (C=O) groups excluding carboxylic acids is 1. The molecule has 2 aliphatic heterocycles. The third-order valence-corrected chi connectivity index (χ3v) is 3.60. The Morgan fingerprint density at radius 2 is 2.11 bits per heavy atom. The van der Waals surface area contributed by atoms with E-state index in [0.29, 0.717) is 0 Å². The van der Waals surface area contributed by atoms with Crippen LogP contribution in [0, 0.1) is 5.92 Å². The van der Waals surface area contributed by atoms with E-state index in [1.807, 2.05) is 12.1 Å². The predicted molar refractivity (Wildman–Crippen MR) is 70.7 cm³/mol. The summed E-state index contributed by atoms with van der Waals surface area (Å²) in [4.78, 5) is 18.4. The van der Waals surface area contributed by atoms with Crippen LogP contribution in [0.15, 0.2) is 18.3 Å². The average Bonchev–Trinajstić information content (AvgIpc) is 2.81. The summed E-state index contributed by atoms with van der Waals surface area (Å²) in [7, 11) is 0. The van der Waals surface area contributed by atoms with E-state index in [1.165, 1.54) is 12.8 Å². The highest BCUT2D eigenvalue weighted by Gasteiger charge is 2.24. The van der Waals surface area contributed by atoms with Gasteiger partial charge in [0.15, 0.2) is 0 Å². The van der Waals surface area contributed by atoms with Crippen LogP contribution in [-0.2, 0) is 4.79 Å². The number of pyridine rings is 1. The van der Waals surface area contributed by atoms with E-state index in [0.717, 1.165) is 37.7 Å². The van der Waals surface area contributed by atoms with Gasteiger partial charge in [-0.15, -0.1) is 0 Å². The average molecular weight is 246 g/mol. The minimum absolute atomic E-state index is 0.0875. The van der Waals surface area contributed by atoms with Crippen molar-refractivity contribution < 1.29 is 4.79 Å². The second kappa shape index (κ2) is 4.94. The van der Waals surface area contributed by atoms with Crippen LogP contribution in [0.5, 0.6) is 0 Å². The first-order valence-electron chi connectivity index (χ1n) is 6.55. The summed E-state index contributed by atoms with van der Waals surface area (Å²) < 4.78 is 0. The Morgan fingerprint density at radius 3 is 2.67 bits per heavy atom. The first-order chi connectivity index (χ1) is 8.83. The second-order valence-corrected chi connectivity index (χ2v) is 4.94. The van der Waals surface area contributed by atoms with E-state index in [-0.39, 0.29) is 11.8 Å². The van der Waals surface area contributed by atoms with Gasteiger partial charge in [-0.05, 0) is 25.0 Å². The van der Waals surface area contributed by atoms with Gasteiger partial charge in [0.2, 0.25) is 5.91 Å². The van der Waals surface area contributed by atoms with Gasteiger partial charge in [0, 0.05) is 26.2 Å². The maximum Gasteiger partial charge on any atom is 0.230 e. The standard InChI is InChI=1S/C13H18N4O/c18-13(10-7-14-8-10)16-11-3-4-12(15-9-11)17-5-1-2-6-17/h3-4,9-10,14H,1-2,5-8H2,(H,16,18). The molecule has 0 unspecified atom stereocenters. The van der Waals surface area contributed by atoms with Crippen LogP contribution in [0.4, 0.5) is 11.5 Å². The summed E-state index contributed by atoms with van der Waals surface area (Å²) >= 11 is 0. The molecule has 1 aromatic rings. The number of anilines is 2. The molecule has 1 aromatic heterocycles. The Labute approximate surface area is 107 Å². The number of nitrogens with one attached hydrogen (secondary N) is 2. The Morgan fingerprint density at radius 1 is 1.33 bits per heavy atom. The normalized spacial score (nSPS) is 19.7. The first-order valence-corrected chi connectivity index (χ1v) is 6.55. The van der Waals surface area contributed by atoms with Crippen molar-refractivity contribution in [3.8, 4) is 0 Å². The van der Waals surface area contributed by atoms with Gasteiger partial charge >= 0.3 is 0 Å². The summed E-state index contributed by atoms with van der Waals surface area (Å²) in [5, 5.41) is 5.99. The zero-order valence-corrected chi connectivity index (χ0v) is 10.4. The van der Waals surface area contributed by atoms with Gasteiger partial charge in [0.1, 0.15) is 5.82 Å². The van der Waals surface area contributed by atoms with Gasteiger partial charge in [-0.25, -0.2) is 4.98 Å². The zero-order chi connectivity index (χ0) is 12.4. The van der Waals surface area contributed by atoms with Crippen LogP contribution in [0.2, 0.25) is 0 Å². The summed E-state index contributed by atoms with van der Waals surface area (Å²) in [6.45, 7) is 3.75. The molecule has 2 N–H and O–H groups in total. The van der Waals surface area contributed by atoms with Crippen molar-refractivity contribution >= 4 is 17.4 Å². The van der Waals surface area contributed by atoms with Crippen LogP contribution in [0.1, 0.15) is 12.8 Å². The Bertz CT molecular complexity index is 421. The predicted octanol–water partition coefficient (Wildman–Crippen LogP) is 0.840. The Balaban J connectivity index is 1.61. The quantitative estimate of drug-likeness (QED) is 0.830. The monoisotopic (exact) mass is 246 g/mol. The molecule has 0 saturated carbocycles. The fourth-order valence-electron chi connectivity index (χ4n) is 2.31. The van der Waals surface area contributed by atoms with E-state index in [1.54, 1.807) is 6.20 Å². The number of aromatic nitrogens is 1. The molecule has 2 fully saturated rings. The molecular weight excluding hydrogens is 228 g/mol. The summed E-state index contributed by atoms with van der Waals surface area (Å²) in [5.41, 5.74) is 0.787. The van der Waals surface area contributed by atoms with Gasteiger partial charge in [-0.3, -0.25) is 4.79 Å². The summed E-state index contributed by atoms with van der Waals surface area (Å²) in [6, 6.07) is 3.92. The first kappa shape index (κ1) is 11.5. The van der Waals surface area contributed by atoms with Gasteiger partial charge in [-0.2, -0.15) is 0 Å². The molecule has 1 amide bonds. The van der Waals surface area contributed by atoms with Crippen molar-refractivity contribution in [1.82, 2.24) is 10.3 Å².